The highest BCUT2D eigenvalue weighted by molar-refractivity contribution is 7.25. The fraction of sp³-hybridized carbons (Fsp3) is 0. The first kappa shape index (κ1) is 35.5. The van der Waals surface area contributed by atoms with Crippen LogP contribution in [0.3, 0.4) is 0 Å². The van der Waals surface area contributed by atoms with Gasteiger partial charge in [0.15, 0.2) is 5.82 Å². The molecule has 0 spiro atoms. The maximum Gasteiger partial charge on any atom is 0.162 e. The van der Waals surface area contributed by atoms with Crippen LogP contribution < -0.4 is 0 Å². The first-order valence-electron chi connectivity index (χ1n) is 21.0. The Bertz CT molecular complexity index is 3860. The maximum atomic E-state index is 5.23. The Balaban J connectivity index is 0.938. The zero-order valence-corrected chi connectivity index (χ0v) is 34.5. The second-order valence-corrected chi connectivity index (χ2v) is 17.0. The molecule has 0 atom stereocenters. The molecule has 6 heterocycles. The molecular formula is C56H34N6S. The molecule has 0 saturated heterocycles. The van der Waals surface area contributed by atoms with Crippen molar-refractivity contribution in [2.24, 2.45) is 0 Å². The van der Waals surface area contributed by atoms with E-state index < -0.39 is 0 Å². The molecule has 0 saturated carbocycles. The summed E-state index contributed by atoms with van der Waals surface area (Å²) in [4.78, 5) is 19.8. The lowest BCUT2D eigenvalue weighted by atomic mass is 10.0. The standard InChI is InChI=1S/C56H34N6S/c1-3-12-35(13-4-1)47-32-54(60-56(59-47)36-14-5-2-6-15-36)62-49-19-10-8-17-43(49)45-30-38(22-25-51(45)62)37-21-24-50-44(29-37)42-16-7-9-18-48(42)61(50)41-28-40(33-57-34-41)39-23-26-52-46(31-39)55-53(63-52)20-11-27-58-55/h1-34H. The summed E-state index contributed by atoms with van der Waals surface area (Å²) < 4.78 is 7.06. The summed E-state index contributed by atoms with van der Waals surface area (Å²) in [5, 5.41) is 5.90. The molecule has 0 N–H and O–H groups in total. The van der Waals surface area contributed by atoms with E-state index in [1.807, 2.05) is 48.9 Å². The number of nitrogens with zero attached hydrogens (tertiary/aromatic N) is 6. The summed E-state index contributed by atoms with van der Waals surface area (Å²) in [6.07, 6.45) is 5.80. The van der Waals surface area contributed by atoms with Gasteiger partial charge in [0.05, 0.1) is 49.9 Å². The smallest absolute Gasteiger partial charge is 0.162 e. The van der Waals surface area contributed by atoms with Crippen LogP contribution in [0.15, 0.2) is 207 Å². The zero-order valence-electron chi connectivity index (χ0n) is 33.7. The topological polar surface area (TPSA) is 61.4 Å². The van der Waals surface area contributed by atoms with E-state index in [0.29, 0.717) is 5.82 Å². The molecule has 13 rings (SSSR count). The van der Waals surface area contributed by atoms with Gasteiger partial charge >= 0.3 is 0 Å². The molecule has 6 aromatic heterocycles. The molecule has 294 valence electrons. The van der Waals surface area contributed by atoms with E-state index in [0.717, 1.165) is 78.2 Å². The van der Waals surface area contributed by atoms with Gasteiger partial charge in [-0.2, -0.15) is 0 Å². The van der Waals surface area contributed by atoms with Crippen molar-refractivity contribution in [1.29, 1.82) is 0 Å². The van der Waals surface area contributed by atoms with Gasteiger partial charge in [-0.1, -0.05) is 115 Å². The van der Waals surface area contributed by atoms with E-state index >= 15 is 0 Å². The van der Waals surface area contributed by atoms with Crippen LogP contribution in [0.1, 0.15) is 0 Å². The Hall–Kier alpha value is -8.26. The van der Waals surface area contributed by atoms with Crippen molar-refractivity contribution < 1.29 is 0 Å². The molecular weight excluding hydrogens is 789 g/mol. The minimum atomic E-state index is 0.690. The fourth-order valence-electron chi connectivity index (χ4n) is 9.34. The molecule has 7 heteroatoms. The van der Waals surface area contributed by atoms with Gasteiger partial charge in [0.1, 0.15) is 5.82 Å². The van der Waals surface area contributed by atoms with E-state index in [1.54, 1.807) is 11.3 Å². The SMILES string of the molecule is c1ccc(-c2cc(-n3c4ccccc4c4cc(-c5ccc6c(c5)c5ccccc5n6-c5cncc(-c6ccc7sc8cccnc8c7c6)c5)ccc43)nc(-c3ccccc3)n2)cc1. The molecule has 0 radical (unpaired) electrons. The molecule has 0 unspecified atom stereocenters. The van der Waals surface area contributed by atoms with Crippen molar-refractivity contribution >= 4 is 75.3 Å². The summed E-state index contributed by atoms with van der Waals surface area (Å²) >= 11 is 1.78. The average molecular weight is 823 g/mol. The second-order valence-electron chi connectivity index (χ2n) is 15.9. The van der Waals surface area contributed by atoms with Gasteiger partial charge in [0.25, 0.3) is 0 Å². The normalized spacial score (nSPS) is 11.8. The predicted octanol–water partition coefficient (Wildman–Crippen LogP) is 14.5. The van der Waals surface area contributed by atoms with E-state index in [4.69, 9.17) is 19.9 Å². The molecule has 13 aromatic rings. The van der Waals surface area contributed by atoms with Crippen LogP contribution in [-0.4, -0.2) is 29.1 Å². The Kier molecular flexibility index (Phi) is 7.98. The number of hydrogen-bond donors (Lipinski definition) is 0. The monoisotopic (exact) mass is 822 g/mol. The van der Waals surface area contributed by atoms with Gasteiger partial charge in [-0.05, 0) is 83.4 Å². The summed E-state index contributed by atoms with van der Waals surface area (Å²) in [6.45, 7) is 0. The van der Waals surface area contributed by atoms with Crippen LogP contribution >= 0.6 is 11.3 Å². The summed E-state index contributed by atoms with van der Waals surface area (Å²) in [5.74, 6) is 1.52. The number of rotatable bonds is 6. The lowest BCUT2D eigenvalue weighted by Crippen LogP contribution is -2.02. The predicted molar refractivity (Wildman–Crippen MR) is 261 cm³/mol. The maximum absolute atomic E-state index is 5.23. The van der Waals surface area contributed by atoms with Crippen LogP contribution in [-0.2, 0) is 0 Å². The van der Waals surface area contributed by atoms with E-state index in [1.165, 1.54) is 36.3 Å². The zero-order chi connectivity index (χ0) is 41.4. The average Bonchev–Trinajstić information content (AvgIpc) is 4.01. The molecule has 0 aliphatic rings. The Morgan fingerprint density at radius 1 is 0.381 bits per heavy atom. The number of aromatic nitrogens is 6. The van der Waals surface area contributed by atoms with Crippen LogP contribution in [0.5, 0.6) is 0 Å². The second kappa shape index (κ2) is 14.2. The molecule has 6 nitrogen and oxygen atoms in total. The number of pyridine rings is 2. The lowest BCUT2D eigenvalue weighted by Gasteiger charge is -2.12. The molecule has 63 heavy (non-hydrogen) atoms. The van der Waals surface area contributed by atoms with Gasteiger partial charge < -0.3 is 4.57 Å². The Morgan fingerprint density at radius 2 is 0.984 bits per heavy atom. The van der Waals surface area contributed by atoms with Crippen molar-refractivity contribution in [3.63, 3.8) is 0 Å². The fourth-order valence-corrected chi connectivity index (χ4v) is 10.4. The van der Waals surface area contributed by atoms with Crippen molar-refractivity contribution in [2.75, 3.05) is 0 Å². The number of benzene rings is 7. The summed E-state index contributed by atoms with van der Waals surface area (Å²) in [7, 11) is 0. The third kappa shape index (κ3) is 5.78. The minimum Gasteiger partial charge on any atom is -0.308 e. The van der Waals surface area contributed by atoms with Gasteiger partial charge in [-0.15, -0.1) is 11.3 Å². The Morgan fingerprint density at radius 3 is 1.73 bits per heavy atom. The van der Waals surface area contributed by atoms with Crippen LogP contribution in [0, 0.1) is 0 Å². The first-order valence-corrected chi connectivity index (χ1v) is 21.8. The van der Waals surface area contributed by atoms with E-state index in [-0.39, 0.29) is 0 Å². The van der Waals surface area contributed by atoms with Crippen LogP contribution in [0.4, 0.5) is 0 Å². The molecule has 7 aromatic carbocycles. The van der Waals surface area contributed by atoms with Crippen molar-refractivity contribution in [3.05, 3.63) is 207 Å². The number of para-hydroxylation sites is 2. The van der Waals surface area contributed by atoms with Gasteiger partial charge in [0, 0.05) is 66.8 Å². The highest BCUT2D eigenvalue weighted by Crippen LogP contribution is 2.40. The van der Waals surface area contributed by atoms with Gasteiger partial charge in [-0.3, -0.25) is 14.5 Å². The number of thiophene rings is 1. The third-order valence-corrected chi connectivity index (χ3v) is 13.4. The van der Waals surface area contributed by atoms with E-state index in [2.05, 4.69) is 167 Å². The third-order valence-electron chi connectivity index (χ3n) is 12.3. The molecule has 0 aliphatic heterocycles. The van der Waals surface area contributed by atoms with Gasteiger partial charge in [0.2, 0.25) is 0 Å². The molecule has 0 fully saturated rings. The molecule has 0 aliphatic carbocycles. The summed E-state index contributed by atoms with van der Waals surface area (Å²) in [5.41, 5.74) is 13.9. The van der Waals surface area contributed by atoms with Crippen LogP contribution in [0.2, 0.25) is 0 Å². The highest BCUT2D eigenvalue weighted by atomic mass is 32.1. The number of fused-ring (bicyclic) bond motifs is 9. The quantitative estimate of drug-likeness (QED) is 0.168. The Labute approximate surface area is 365 Å². The van der Waals surface area contributed by atoms with Crippen LogP contribution in [0.25, 0.3) is 120 Å². The van der Waals surface area contributed by atoms with Crippen molar-refractivity contribution in [1.82, 2.24) is 29.1 Å². The first-order chi connectivity index (χ1) is 31.2. The minimum absolute atomic E-state index is 0.690. The van der Waals surface area contributed by atoms with Crippen molar-refractivity contribution in [2.45, 2.75) is 0 Å². The molecule has 0 amide bonds. The van der Waals surface area contributed by atoms with Crippen molar-refractivity contribution in [3.8, 4) is 56.4 Å². The molecule has 0 bridgehead atoms. The summed E-state index contributed by atoms with van der Waals surface area (Å²) in [6, 6.07) is 66.7. The highest BCUT2D eigenvalue weighted by Gasteiger charge is 2.19. The van der Waals surface area contributed by atoms with Gasteiger partial charge in [-0.25, -0.2) is 9.97 Å². The van der Waals surface area contributed by atoms with E-state index in [9.17, 15) is 0 Å². The number of hydrogen-bond acceptors (Lipinski definition) is 5. The largest absolute Gasteiger partial charge is 0.308 e. The lowest BCUT2D eigenvalue weighted by molar-refractivity contribution is 1.05.